The Morgan fingerprint density at radius 3 is 2.20 bits per heavy atom. The SMILES string of the molecule is CN1CCN(C)P1(=[Se])Nc1ccccc1. The summed E-state index contributed by atoms with van der Waals surface area (Å²) < 4.78 is 4.78. The zero-order valence-corrected chi connectivity index (χ0v) is 11.7. The molecule has 1 aromatic carbocycles. The fraction of sp³-hybridized carbons (Fsp3) is 0.400. The number of benzene rings is 1. The van der Waals surface area contributed by atoms with Gasteiger partial charge in [-0.05, 0) is 0 Å². The predicted molar refractivity (Wildman–Crippen MR) is 68.0 cm³/mol. The second kappa shape index (κ2) is 4.40. The summed E-state index contributed by atoms with van der Waals surface area (Å²) in [5.74, 6) is -1.43. The van der Waals surface area contributed by atoms with Gasteiger partial charge in [0.1, 0.15) is 0 Å². The van der Waals surface area contributed by atoms with Gasteiger partial charge >= 0.3 is 98.7 Å². The van der Waals surface area contributed by atoms with Gasteiger partial charge in [-0.1, -0.05) is 0 Å². The first-order valence-electron chi connectivity index (χ1n) is 4.99. The number of para-hydroxylation sites is 1. The van der Waals surface area contributed by atoms with Crippen molar-refractivity contribution in [2.45, 2.75) is 0 Å². The molecule has 1 aliphatic rings. The molecule has 5 heteroatoms. The Balaban J connectivity index is 2.21. The Kier molecular flexibility index (Phi) is 3.34. The van der Waals surface area contributed by atoms with Crippen LogP contribution in [0.15, 0.2) is 30.3 Å². The Morgan fingerprint density at radius 1 is 1.13 bits per heavy atom. The van der Waals surface area contributed by atoms with E-state index in [9.17, 15) is 0 Å². The van der Waals surface area contributed by atoms with Crippen molar-refractivity contribution in [3.05, 3.63) is 30.3 Å². The molecule has 0 radical (unpaired) electrons. The van der Waals surface area contributed by atoms with Crippen LogP contribution in [0.5, 0.6) is 0 Å². The molecule has 0 aliphatic carbocycles. The number of hydrogen-bond donors (Lipinski definition) is 1. The second-order valence-corrected chi connectivity index (χ2v) is 9.67. The van der Waals surface area contributed by atoms with Crippen LogP contribution < -0.4 is 5.09 Å². The Labute approximate surface area is 98.8 Å². The molecule has 3 nitrogen and oxygen atoms in total. The molecule has 0 saturated carbocycles. The predicted octanol–water partition coefficient (Wildman–Crippen LogP) is 1.82. The van der Waals surface area contributed by atoms with E-state index in [1.807, 2.05) is 6.07 Å². The third-order valence-electron chi connectivity index (χ3n) is 2.72. The quantitative estimate of drug-likeness (QED) is 0.661. The second-order valence-electron chi connectivity index (χ2n) is 3.78. The zero-order valence-electron chi connectivity index (χ0n) is 9.05. The molecule has 1 heterocycles. The summed E-state index contributed by atoms with van der Waals surface area (Å²) in [7, 11) is 4.34. The number of rotatable bonds is 2. The Bertz CT molecular complexity index is 368. The van der Waals surface area contributed by atoms with Crippen molar-refractivity contribution in [1.82, 2.24) is 9.34 Å². The summed E-state index contributed by atoms with van der Waals surface area (Å²) in [5.41, 5.74) is 1.19. The molecule has 0 unspecified atom stereocenters. The maximum atomic E-state index is 3.62. The van der Waals surface area contributed by atoms with Crippen molar-refractivity contribution in [1.29, 1.82) is 0 Å². The van der Waals surface area contributed by atoms with Crippen molar-refractivity contribution in [3.63, 3.8) is 0 Å². The van der Waals surface area contributed by atoms with Crippen LogP contribution in [0, 0.1) is 0 Å². The molecular formula is C10H16N3PSe. The number of likely N-dealkylation sites (N-methyl/N-ethyl adjacent to an activating group) is 2. The summed E-state index contributed by atoms with van der Waals surface area (Å²) in [6.07, 6.45) is 0. The Morgan fingerprint density at radius 2 is 1.67 bits per heavy atom. The standard InChI is InChI=1S/C10H16N3PSe/c1-12-8-9-13(2)14(12,15)11-10-6-4-3-5-7-10/h3-7H,8-9H2,1-2H3,(H,11,15). The van der Waals surface area contributed by atoms with E-state index in [0.717, 1.165) is 13.1 Å². The third kappa shape index (κ3) is 2.20. The number of nitrogens with one attached hydrogen (secondary N) is 1. The molecule has 0 aromatic heterocycles. The minimum atomic E-state index is -1.43. The van der Waals surface area contributed by atoms with Crippen LogP contribution in [0.2, 0.25) is 0 Å². The van der Waals surface area contributed by atoms with Gasteiger partial charge in [-0.15, -0.1) is 0 Å². The van der Waals surface area contributed by atoms with Crippen molar-refractivity contribution in [2.24, 2.45) is 0 Å². The molecule has 1 fully saturated rings. The van der Waals surface area contributed by atoms with Crippen LogP contribution in [-0.4, -0.2) is 51.6 Å². The molecule has 15 heavy (non-hydrogen) atoms. The topological polar surface area (TPSA) is 18.5 Å². The van der Waals surface area contributed by atoms with Gasteiger partial charge in [0.15, 0.2) is 0 Å². The zero-order chi connectivity index (χ0) is 10.9. The molecule has 0 bridgehead atoms. The summed E-state index contributed by atoms with van der Waals surface area (Å²) in [6.45, 7) is 2.24. The molecule has 1 saturated heterocycles. The summed E-state index contributed by atoms with van der Waals surface area (Å²) in [5, 5.41) is 3.62. The molecule has 0 spiro atoms. The first kappa shape index (κ1) is 11.4. The number of anilines is 1. The third-order valence-corrected chi connectivity index (χ3v) is 9.61. The van der Waals surface area contributed by atoms with E-state index >= 15 is 0 Å². The van der Waals surface area contributed by atoms with Gasteiger partial charge in [0, 0.05) is 0 Å². The molecule has 82 valence electrons. The fourth-order valence-corrected chi connectivity index (χ4v) is 5.43. The molecule has 0 amide bonds. The summed E-state index contributed by atoms with van der Waals surface area (Å²) in [6, 6.07) is 10.4. The van der Waals surface area contributed by atoms with E-state index in [0.29, 0.717) is 0 Å². The van der Waals surface area contributed by atoms with E-state index in [4.69, 9.17) is 0 Å². The van der Waals surface area contributed by atoms with Crippen LogP contribution in [0.3, 0.4) is 0 Å². The summed E-state index contributed by atoms with van der Waals surface area (Å²) >= 11 is 3.35. The van der Waals surface area contributed by atoms with Crippen LogP contribution in [0.1, 0.15) is 0 Å². The first-order chi connectivity index (χ1) is 7.13. The van der Waals surface area contributed by atoms with Gasteiger partial charge in [0.2, 0.25) is 0 Å². The Hall–Kier alpha value is -0.111. The van der Waals surface area contributed by atoms with Gasteiger partial charge in [0.05, 0.1) is 0 Å². The van der Waals surface area contributed by atoms with Crippen LogP contribution >= 0.6 is 5.96 Å². The van der Waals surface area contributed by atoms with Gasteiger partial charge in [-0.2, -0.15) is 0 Å². The molecule has 1 aromatic rings. The minimum absolute atomic E-state index is 1.12. The van der Waals surface area contributed by atoms with Crippen LogP contribution in [-0.2, 0) is 0 Å². The van der Waals surface area contributed by atoms with Gasteiger partial charge in [-0.25, -0.2) is 0 Å². The van der Waals surface area contributed by atoms with Crippen LogP contribution in [0.25, 0.3) is 0 Å². The first-order valence-corrected chi connectivity index (χ1v) is 8.90. The average Bonchev–Trinajstić information content (AvgIpc) is 2.48. The number of nitrogens with zero attached hydrogens (tertiary/aromatic N) is 2. The fourth-order valence-electron chi connectivity index (χ4n) is 1.67. The molecular weight excluding hydrogens is 272 g/mol. The molecule has 1 aliphatic heterocycles. The van der Waals surface area contributed by atoms with Crippen LogP contribution in [0.4, 0.5) is 5.69 Å². The van der Waals surface area contributed by atoms with Gasteiger partial charge in [0.25, 0.3) is 0 Å². The average molecular weight is 288 g/mol. The van der Waals surface area contributed by atoms with E-state index in [1.54, 1.807) is 0 Å². The monoisotopic (exact) mass is 289 g/mol. The summed E-state index contributed by atoms with van der Waals surface area (Å²) in [4.78, 5) is 0. The number of hydrogen-bond acceptors (Lipinski definition) is 3. The molecule has 0 atom stereocenters. The normalized spacial score (nSPS) is 21.7. The van der Waals surface area contributed by atoms with Crippen molar-refractivity contribution in [3.8, 4) is 0 Å². The van der Waals surface area contributed by atoms with Crippen molar-refractivity contribution >= 4 is 26.7 Å². The van der Waals surface area contributed by atoms with Crippen molar-refractivity contribution in [2.75, 3.05) is 32.3 Å². The van der Waals surface area contributed by atoms with E-state index in [1.165, 1.54) is 5.69 Å². The van der Waals surface area contributed by atoms with Gasteiger partial charge < -0.3 is 0 Å². The van der Waals surface area contributed by atoms with Gasteiger partial charge in [-0.3, -0.25) is 0 Å². The van der Waals surface area contributed by atoms with E-state index in [-0.39, 0.29) is 0 Å². The maximum absolute atomic E-state index is 3.62. The van der Waals surface area contributed by atoms with E-state index < -0.39 is 5.96 Å². The molecule has 2 rings (SSSR count). The van der Waals surface area contributed by atoms with E-state index in [2.05, 4.69) is 67.9 Å². The molecule has 1 N–H and O–H groups in total. The van der Waals surface area contributed by atoms with Crippen molar-refractivity contribution < 1.29 is 0 Å².